The van der Waals surface area contributed by atoms with E-state index in [1.165, 1.54) is 19.3 Å². The Hall–Kier alpha value is -1.06. The Morgan fingerprint density at radius 2 is 1.67 bits per heavy atom. The molecular weight excluding hydrogens is 226 g/mol. The molecule has 1 saturated carbocycles. The molecule has 1 spiro atoms. The summed E-state index contributed by atoms with van der Waals surface area (Å²) >= 11 is 0. The van der Waals surface area contributed by atoms with Crippen LogP contribution in [0.1, 0.15) is 65.7 Å². The van der Waals surface area contributed by atoms with Crippen LogP contribution < -0.4 is 10.6 Å². The van der Waals surface area contributed by atoms with Crippen molar-refractivity contribution >= 4 is 11.9 Å². The lowest BCUT2D eigenvalue weighted by Crippen LogP contribution is -2.47. The molecular formula is C14H25N3O. The molecule has 1 amide bonds. The van der Waals surface area contributed by atoms with Crippen LogP contribution in [0.25, 0.3) is 0 Å². The van der Waals surface area contributed by atoms with Crippen molar-refractivity contribution < 1.29 is 4.79 Å². The number of nitrogens with zero attached hydrogens (tertiary/aromatic N) is 1. The smallest absolute Gasteiger partial charge is 0.254 e. The first kappa shape index (κ1) is 13.4. The molecule has 4 heteroatoms. The number of carbonyl (C=O) groups is 1. The van der Waals surface area contributed by atoms with Gasteiger partial charge in [0.2, 0.25) is 0 Å². The maximum atomic E-state index is 12.2. The maximum Gasteiger partial charge on any atom is 0.254 e. The number of hydrogen-bond acceptors (Lipinski definition) is 3. The Labute approximate surface area is 110 Å². The lowest BCUT2D eigenvalue weighted by molar-refractivity contribution is -0.124. The molecule has 18 heavy (non-hydrogen) atoms. The second kappa shape index (κ2) is 4.90. The number of aliphatic imine (C=N–C) groups is 1. The van der Waals surface area contributed by atoms with Gasteiger partial charge in [-0.3, -0.25) is 10.1 Å². The number of rotatable bonds is 0. The van der Waals surface area contributed by atoms with Crippen LogP contribution in [0.4, 0.5) is 0 Å². The fourth-order valence-corrected chi connectivity index (χ4v) is 2.76. The average molecular weight is 251 g/mol. The van der Waals surface area contributed by atoms with Gasteiger partial charge in [0, 0.05) is 5.54 Å². The molecule has 2 aliphatic rings. The van der Waals surface area contributed by atoms with Crippen LogP contribution in [-0.4, -0.2) is 22.9 Å². The Morgan fingerprint density at radius 1 is 1.11 bits per heavy atom. The number of hydrogen-bond donors (Lipinski definition) is 2. The Balaban J connectivity index is 2.12. The molecule has 1 heterocycles. The van der Waals surface area contributed by atoms with Crippen LogP contribution in [0.5, 0.6) is 0 Å². The summed E-state index contributed by atoms with van der Waals surface area (Å²) in [7, 11) is 0. The highest BCUT2D eigenvalue weighted by atomic mass is 16.2. The van der Waals surface area contributed by atoms with E-state index in [9.17, 15) is 4.79 Å². The van der Waals surface area contributed by atoms with Gasteiger partial charge in [0.1, 0.15) is 5.54 Å². The minimum atomic E-state index is -0.478. The summed E-state index contributed by atoms with van der Waals surface area (Å²) in [5.74, 6) is 0.754. The summed E-state index contributed by atoms with van der Waals surface area (Å²) in [4.78, 5) is 16.9. The summed E-state index contributed by atoms with van der Waals surface area (Å²) in [5, 5.41) is 6.19. The maximum absolute atomic E-state index is 12.2. The molecule has 0 saturated heterocycles. The van der Waals surface area contributed by atoms with Crippen molar-refractivity contribution in [1.29, 1.82) is 0 Å². The number of nitrogens with one attached hydrogen (secondary N) is 2. The normalized spacial score (nSPS) is 24.2. The second-order valence-corrected chi connectivity index (χ2v) is 6.59. The van der Waals surface area contributed by atoms with Crippen molar-refractivity contribution in [2.45, 2.75) is 76.8 Å². The predicted octanol–water partition coefficient (Wildman–Crippen LogP) is 2.34. The van der Waals surface area contributed by atoms with Gasteiger partial charge >= 0.3 is 0 Å². The molecule has 0 aromatic heterocycles. The first-order valence-electron chi connectivity index (χ1n) is 7.11. The molecule has 1 aliphatic heterocycles. The van der Waals surface area contributed by atoms with E-state index >= 15 is 0 Å². The lowest BCUT2D eigenvalue weighted by atomic mass is 9.84. The minimum Gasteiger partial charge on any atom is -0.351 e. The van der Waals surface area contributed by atoms with Crippen molar-refractivity contribution in [2.75, 3.05) is 0 Å². The van der Waals surface area contributed by atoms with E-state index < -0.39 is 5.54 Å². The highest BCUT2D eigenvalue weighted by Crippen LogP contribution is 2.32. The SMILES string of the molecule is CC(C)(C)NC1=NC2(CCCCCCC2)C(=O)N1. The van der Waals surface area contributed by atoms with E-state index in [-0.39, 0.29) is 11.4 Å². The van der Waals surface area contributed by atoms with Crippen LogP contribution >= 0.6 is 0 Å². The van der Waals surface area contributed by atoms with Gasteiger partial charge in [0.25, 0.3) is 5.91 Å². The van der Waals surface area contributed by atoms with Crippen LogP contribution in [0.15, 0.2) is 4.99 Å². The Kier molecular flexibility index (Phi) is 3.64. The molecule has 0 atom stereocenters. The van der Waals surface area contributed by atoms with Gasteiger partial charge in [-0.15, -0.1) is 0 Å². The Morgan fingerprint density at radius 3 is 2.22 bits per heavy atom. The van der Waals surface area contributed by atoms with E-state index in [1.807, 2.05) is 0 Å². The van der Waals surface area contributed by atoms with Crippen LogP contribution in [0.3, 0.4) is 0 Å². The highest BCUT2D eigenvalue weighted by Gasteiger charge is 2.43. The molecule has 1 aliphatic carbocycles. The van der Waals surface area contributed by atoms with Gasteiger partial charge in [-0.05, 0) is 33.6 Å². The van der Waals surface area contributed by atoms with Gasteiger partial charge in [-0.2, -0.15) is 0 Å². The topological polar surface area (TPSA) is 53.5 Å². The molecule has 2 rings (SSSR count). The third kappa shape index (κ3) is 3.03. The molecule has 2 N–H and O–H groups in total. The predicted molar refractivity (Wildman–Crippen MR) is 73.5 cm³/mol. The summed E-state index contributed by atoms with van der Waals surface area (Å²) in [6, 6.07) is 0. The monoisotopic (exact) mass is 251 g/mol. The van der Waals surface area contributed by atoms with Gasteiger partial charge < -0.3 is 5.32 Å². The van der Waals surface area contributed by atoms with Gasteiger partial charge in [-0.1, -0.05) is 32.1 Å². The van der Waals surface area contributed by atoms with Gasteiger partial charge in [0.05, 0.1) is 0 Å². The molecule has 0 aromatic rings. The van der Waals surface area contributed by atoms with E-state index in [1.54, 1.807) is 0 Å². The van der Waals surface area contributed by atoms with E-state index in [0.29, 0.717) is 5.96 Å². The summed E-state index contributed by atoms with van der Waals surface area (Å²) in [5.41, 5.74) is -0.548. The molecule has 0 unspecified atom stereocenters. The standard InChI is InChI=1S/C14H25N3O/c1-13(2,3)16-12-15-11(18)14(17-12)9-7-5-4-6-8-10-14/h4-10H2,1-3H3,(H2,15,16,17,18). The second-order valence-electron chi connectivity index (χ2n) is 6.59. The van der Waals surface area contributed by atoms with Crippen molar-refractivity contribution in [3.05, 3.63) is 0 Å². The van der Waals surface area contributed by atoms with Crippen molar-refractivity contribution in [2.24, 2.45) is 4.99 Å². The molecule has 0 radical (unpaired) electrons. The average Bonchev–Trinajstić information content (AvgIpc) is 2.47. The molecule has 1 fully saturated rings. The van der Waals surface area contributed by atoms with E-state index in [4.69, 9.17) is 4.99 Å². The molecule has 102 valence electrons. The number of amides is 1. The van der Waals surface area contributed by atoms with Crippen molar-refractivity contribution in [1.82, 2.24) is 10.6 Å². The fraction of sp³-hybridized carbons (Fsp3) is 0.857. The number of carbonyl (C=O) groups excluding carboxylic acids is 1. The fourth-order valence-electron chi connectivity index (χ4n) is 2.76. The summed E-state index contributed by atoms with van der Waals surface area (Å²) in [6.07, 6.45) is 7.77. The lowest BCUT2D eigenvalue weighted by Gasteiger charge is -2.25. The third-order valence-electron chi connectivity index (χ3n) is 3.65. The third-order valence-corrected chi connectivity index (χ3v) is 3.65. The summed E-state index contributed by atoms with van der Waals surface area (Å²) in [6.45, 7) is 6.22. The van der Waals surface area contributed by atoms with Crippen LogP contribution in [0, 0.1) is 0 Å². The summed E-state index contributed by atoms with van der Waals surface area (Å²) < 4.78 is 0. The molecule has 0 aromatic carbocycles. The quantitative estimate of drug-likeness (QED) is 0.694. The highest BCUT2D eigenvalue weighted by molar-refractivity contribution is 6.07. The molecule has 0 bridgehead atoms. The van der Waals surface area contributed by atoms with E-state index in [0.717, 1.165) is 25.7 Å². The van der Waals surface area contributed by atoms with Gasteiger partial charge in [-0.25, -0.2) is 4.99 Å². The van der Waals surface area contributed by atoms with Crippen molar-refractivity contribution in [3.63, 3.8) is 0 Å². The molecule has 4 nitrogen and oxygen atoms in total. The zero-order valence-corrected chi connectivity index (χ0v) is 11.8. The van der Waals surface area contributed by atoms with Crippen molar-refractivity contribution in [3.8, 4) is 0 Å². The zero-order chi connectivity index (χ0) is 13.2. The van der Waals surface area contributed by atoms with Gasteiger partial charge in [0.15, 0.2) is 5.96 Å². The first-order valence-corrected chi connectivity index (χ1v) is 7.11. The first-order chi connectivity index (χ1) is 8.41. The van der Waals surface area contributed by atoms with Crippen LogP contribution in [-0.2, 0) is 4.79 Å². The van der Waals surface area contributed by atoms with Crippen LogP contribution in [0.2, 0.25) is 0 Å². The largest absolute Gasteiger partial charge is 0.351 e. The zero-order valence-electron chi connectivity index (χ0n) is 11.8. The van der Waals surface area contributed by atoms with E-state index in [2.05, 4.69) is 31.4 Å². The Bertz CT molecular complexity index is 347. The number of guanidine groups is 1. The minimum absolute atomic E-state index is 0.0702.